The number of aryl methyl sites for hydroxylation is 1. The number of aromatic nitrogens is 2. The highest BCUT2D eigenvalue weighted by atomic mass is 32.1. The Labute approximate surface area is 199 Å². The van der Waals surface area contributed by atoms with Crippen LogP contribution in [-0.2, 0) is 4.74 Å². The molecule has 5 rings (SSSR count). The van der Waals surface area contributed by atoms with E-state index < -0.39 is 0 Å². The molecule has 0 bridgehead atoms. The van der Waals surface area contributed by atoms with Gasteiger partial charge in [0.05, 0.1) is 17.8 Å². The quantitative estimate of drug-likeness (QED) is 0.415. The molecular formula is C25H28N4O3S. The van der Waals surface area contributed by atoms with Crippen molar-refractivity contribution in [2.24, 2.45) is 0 Å². The maximum absolute atomic E-state index is 5.78. The lowest BCUT2D eigenvalue weighted by atomic mass is 9.96. The Bertz CT molecular complexity index is 1160. The molecule has 1 aromatic carbocycles. The van der Waals surface area contributed by atoms with Crippen LogP contribution in [0.2, 0.25) is 0 Å². The van der Waals surface area contributed by atoms with Crippen LogP contribution in [0, 0.1) is 13.8 Å². The van der Waals surface area contributed by atoms with Gasteiger partial charge < -0.3 is 29.0 Å². The molecule has 0 radical (unpaired) electrons. The highest BCUT2D eigenvalue weighted by molar-refractivity contribution is 7.80. The molecule has 7 nitrogen and oxygen atoms in total. The van der Waals surface area contributed by atoms with Gasteiger partial charge in [0.2, 0.25) is 6.79 Å². The average Bonchev–Trinajstić information content (AvgIpc) is 3.50. The zero-order valence-corrected chi connectivity index (χ0v) is 19.9. The third-order valence-electron chi connectivity index (χ3n) is 6.35. The third-order valence-corrected chi connectivity index (χ3v) is 6.70. The Morgan fingerprint density at radius 1 is 1.15 bits per heavy atom. The van der Waals surface area contributed by atoms with E-state index in [1.165, 1.54) is 11.3 Å². The molecule has 4 heterocycles. The van der Waals surface area contributed by atoms with E-state index in [0.717, 1.165) is 46.7 Å². The lowest BCUT2D eigenvalue weighted by molar-refractivity contribution is 0.174. The number of fused-ring (bicyclic) bond motifs is 1. The summed E-state index contributed by atoms with van der Waals surface area (Å²) in [4.78, 5) is 6.92. The predicted molar refractivity (Wildman–Crippen MR) is 130 cm³/mol. The van der Waals surface area contributed by atoms with Crippen LogP contribution in [0.25, 0.3) is 5.69 Å². The van der Waals surface area contributed by atoms with Crippen molar-refractivity contribution in [1.82, 2.24) is 19.8 Å². The van der Waals surface area contributed by atoms with Crippen molar-refractivity contribution in [2.45, 2.75) is 32.4 Å². The van der Waals surface area contributed by atoms with Gasteiger partial charge in [0.15, 0.2) is 16.6 Å². The van der Waals surface area contributed by atoms with Crippen molar-refractivity contribution in [3.05, 3.63) is 71.3 Å². The molecule has 2 atom stereocenters. The number of hydrogen-bond donors (Lipinski definition) is 1. The summed E-state index contributed by atoms with van der Waals surface area (Å²) < 4.78 is 18.7. The van der Waals surface area contributed by atoms with Gasteiger partial charge >= 0.3 is 0 Å². The lowest BCUT2D eigenvalue weighted by Gasteiger charge is -2.28. The molecule has 8 heteroatoms. The first kappa shape index (κ1) is 21.7. The molecule has 0 unspecified atom stereocenters. The Morgan fingerprint density at radius 3 is 2.79 bits per heavy atom. The summed E-state index contributed by atoms with van der Waals surface area (Å²) in [6, 6.07) is 14.3. The van der Waals surface area contributed by atoms with Crippen LogP contribution in [0.1, 0.15) is 41.1 Å². The average molecular weight is 465 g/mol. The van der Waals surface area contributed by atoms with E-state index in [0.29, 0.717) is 6.61 Å². The molecule has 0 saturated carbocycles. The Balaban J connectivity index is 1.57. The van der Waals surface area contributed by atoms with Gasteiger partial charge in [-0.25, -0.2) is 0 Å². The topological polar surface area (TPSA) is 60.8 Å². The number of nitrogens with one attached hydrogen (secondary N) is 1. The molecule has 0 amide bonds. The van der Waals surface area contributed by atoms with E-state index in [4.69, 9.17) is 26.4 Å². The van der Waals surface area contributed by atoms with Crippen LogP contribution in [-0.4, -0.2) is 46.6 Å². The summed E-state index contributed by atoms with van der Waals surface area (Å²) >= 11 is 5.78. The summed E-state index contributed by atoms with van der Waals surface area (Å²) in [5.41, 5.74) is 5.57. The molecule has 2 aliphatic heterocycles. The van der Waals surface area contributed by atoms with E-state index in [1.54, 1.807) is 7.11 Å². The maximum Gasteiger partial charge on any atom is 0.231 e. The molecule has 1 saturated heterocycles. The van der Waals surface area contributed by atoms with Gasteiger partial charge in [0, 0.05) is 49.6 Å². The fraction of sp³-hybridized carbons (Fsp3) is 0.360. The van der Waals surface area contributed by atoms with Crippen molar-refractivity contribution >= 4 is 17.3 Å². The van der Waals surface area contributed by atoms with Crippen LogP contribution in [0.15, 0.2) is 48.7 Å². The van der Waals surface area contributed by atoms with Crippen molar-refractivity contribution in [1.29, 1.82) is 0 Å². The Kier molecular flexibility index (Phi) is 5.95. The lowest BCUT2D eigenvalue weighted by Crippen LogP contribution is -2.31. The normalized spacial score (nSPS) is 19.2. The number of hydrogen-bond acceptors (Lipinski definition) is 5. The molecule has 1 fully saturated rings. The first-order valence-electron chi connectivity index (χ1n) is 11.1. The van der Waals surface area contributed by atoms with E-state index in [2.05, 4.69) is 51.8 Å². The molecular weight excluding hydrogens is 436 g/mol. The van der Waals surface area contributed by atoms with Crippen LogP contribution in [0.5, 0.6) is 11.5 Å². The maximum atomic E-state index is 5.78. The van der Waals surface area contributed by atoms with Gasteiger partial charge in [-0.05, 0) is 68.4 Å². The van der Waals surface area contributed by atoms with Crippen LogP contribution >= 0.6 is 12.2 Å². The van der Waals surface area contributed by atoms with E-state index in [9.17, 15) is 0 Å². The molecule has 172 valence electrons. The molecule has 0 spiro atoms. The number of nitrogens with zero attached hydrogens (tertiary/aromatic N) is 3. The number of thiocarbonyl (C=S) groups is 1. The van der Waals surface area contributed by atoms with Gasteiger partial charge in [-0.2, -0.15) is 0 Å². The number of methoxy groups -OCH3 is 1. The van der Waals surface area contributed by atoms with Crippen LogP contribution < -0.4 is 14.8 Å². The second kappa shape index (κ2) is 9.03. The minimum atomic E-state index is -0.0352. The molecule has 2 aliphatic rings. The fourth-order valence-corrected chi connectivity index (χ4v) is 5.20. The largest absolute Gasteiger partial charge is 0.454 e. The minimum absolute atomic E-state index is 0.0261. The first-order chi connectivity index (χ1) is 16.1. The highest BCUT2D eigenvalue weighted by Gasteiger charge is 2.41. The number of rotatable bonds is 7. The smallest absolute Gasteiger partial charge is 0.231 e. The monoisotopic (exact) mass is 464 g/mol. The van der Waals surface area contributed by atoms with Crippen LogP contribution in [0.4, 0.5) is 0 Å². The molecule has 0 aliphatic carbocycles. The summed E-state index contributed by atoms with van der Waals surface area (Å²) in [6.45, 7) is 6.06. The number of ether oxygens (including phenoxy) is 3. The number of pyridine rings is 1. The molecule has 2 aromatic heterocycles. The van der Waals surface area contributed by atoms with Gasteiger partial charge in [0.1, 0.15) is 0 Å². The summed E-state index contributed by atoms with van der Waals surface area (Å²) in [5.74, 6) is 1.56. The Morgan fingerprint density at radius 2 is 2.00 bits per heavy atom. The molecule has 1 N–H and O–H groups in total. The van der Waals surface area contributed by atoms with Crippen molar-refractivity contribution < 1.29 is 14.2 Å². The van der Waals surface area contributed by atoms with Crippen LogP contribution in [0.3, 0.4) is 0 Å². The predicted octanol–water partition coefficient (Wildman–Crippen LogP) is 4.23. The first-order valence-corrected chi connectivity index (χ1v) is 11.5. The van der Waals surface area contributed by atoms with Gasteiger partial charge in [-0.3, -0.25) is 4.98 Å². The van der Waals surface area contributed by atoms with E-state index in [-0.39, 0.29) is 18.9 Å². The zero-order valence-electron chi connectivity index (χ0n) is 19.1. The summed E-state index contributed by atoms with van der Waals surface area (Å²) in [6.07, 6.45) is 2.73. The Hall–Kier alpha value is -3.10. The summed E-state index contributed by atoms with van der Waals surface area (Å²) in [7, 11) is 1.73. The standard InChI is InChI=1S/C25H28N4O3S/c1-16-13-19(17(2)29(16)18-8-9-21-22(14-18)32-15-31-21)24-23(20-7-4-5-10-26-20)27-25(33)28(24)11-6-12-30-3/h4-5,7-10,13-14,23-24H,6,11-12,15H2,1-3H3,(H,27,33)/t23-,24-/m0/s1. The minimum Gasteiger partial charge on any atom is -0.454 e. The van der Waals surface area contributed by atoms with Crippen molar-refractivity contribution in [3.8, 4) is 17.2 Å². The third kappa shape index (κ3) is 3.94. The van der Waals surface area contributed by atoms with Crippen molar-refractivity contribution in [3.63, 3.8) is 0 Å². The molecule has 33 heavy (non-hydrogen) atoms. The summed E-state index contributed by atoms with van der Waals surface area (Å²) in [5, 5.41) is 4.28. The van der Waals surface area contributed by atoms with Crippen molar-refractivity contribution in [2.75, 3.05) is 27.1 Å². The van der Waals surface area contributed by atoms with Gasteiger partial charge in [-0.1, -0.05) is 6.07 Å². The SMILES string of the molecule is COCCCN1C(=S)N[C@@H](c2ccccn2)[C@@H]1c1cc(C)n(-c2ccc3c(c2)OCO3)c1C. The zero-order chi connectivity index (χ0) is 22.9. The highest BCUT2D eigenvalue weighted by Crippen LogP contribution is 2.42. The van der Waals surface area contributed by atoms with Gasteiger partial charge in [-0.15, -0.1) is 0 Å². The van der Waals surface area contributed by atoms with E-state index in [1.807, 2.05) is 30.5 Å². The molecule has 3 aromatic rings. The fourth-order valence-electron chi connectivity index (χ4n) is 4.87. The van der Waals surface area contributed by atoms with Gasteiger partial charge in [0.25, 0.3) is 0 Å². The second-order valence-corrected chi connectivity index (χ2v) is 8.75. The number of benzene rings is 1. The van der Waals surface area contributed by atoms with E-state index >= 15 is 0 Å². The second-order valence-electron chi connectivity index (χ2n) is 8.37.